The predicted octanol–water partition coefficient (Wildman–Crippen LogP) is 0.299. The van der Waals surface area contributed by atoms with Crippen molar-refractivity contribution in [1.82, 2.24) is 5.32 Å². The van der Waals surface area contributed by atoms with Crippen molar-refractivity contribution in [2.24, 2.45) is 5.41 Å². The van der Waals surface area contributed by atoms with Crippen molar-refractivity contribution in [2.75, 3.05) is 26.6 Å². The normalized spacial score (nSPS) is 20.7. The molecule has 1 rings (SSSR count). The van der Waals surface area contributed by atoms with Gasteiger partial charge in [-0.05, 0) is 6.92 Å². The molecule has 13 heavy (non-hydrogen) atoms. The van der Waals surface area contributed by atoms with Crippen molar-refractivity contribution in [3.05, 3.63) is 12.7 Å². The summed E-state index contributed by atoms with van der Waals surface area (Å²) < 4.78 is 10.2. The Morgan fingerprint density at radius 1 is 1.62 bits per heavy atom. The van der Waals surface area contributed by atoms with Crippen LogP contribution in [0.25, 0.3) is 0 Å². The zero-order valence-corrected chi connectivity index (χ0v) is 7.84. The lowest BCUT2D eigenvalue weighted by Gasteiger charge is -2.31. The number of nitrogens with one attached hydrogen (secondary N) is 1. The average molecular weight is 185 g/mol. The highest BCUT2D eigenvalue weighted by Crippen LogP contribution is 2.21. The van der Waals surface area contributed by atoms with Gasteiger partial charge in [-0.2, -0.15) is 0 Å². The van der Waals surface area contributed by atoms with E-state index in [-0.39, 0.29) is 12.7 Å². The molecule has 1 aliphatic rings. The van der Waals surface area contributed by atoms with E-state index >= 15 is 0 Å². The fourth-order valence-corrected chi connectivity index (χ4v) is 1.14. The number of rotatable bonds is 3. The van der Waals surface area contributed by atoms with Gasteiger partial charge in [-0.25, -0.2) is 0 Å². The van der Waals surface area contributed by atoms with Gasteiger partial charge in [0.2, 0.25) is 5.91 Å². The van der Waals surface area contributed by atoms with Crippen LogP contribution in [0.15, 0.2) is 12.7 Å². The van der Waals surface area contributed by atoms with Crippen LogP contribution >= 0.6 is 0 Å². The summed E-state index contributed by atoms with van der Waals surface area (Å²) >= 11 is 0. The second-order valence-electron chi connectivity index (χ2n) is 3.37. The number of carbonyl (C=O) groups excluding carboxylic acids is 1. The van der Waals surface area contributed by atoms with Gasteiger partial charge in [-0.15, -0.1) is 6.58 Å². The first-order chi connectivity index (χ1) is 6.19. The summed E-state index contributed by atoms with van der Waals surface area (Å²) in [6.45, 7) is 6.94. The van der Waals surface area contributed by atoms with E-state index in [1.165, 1.54) is 0 Å². The zero-order valence-electron chi connectivity index (χ0n) is 7.84. The lowest BCUT2D eigenvalue weighted by Crippen LogP contribution is -2.47. The van der Waals surface area contributed by atoms with Gasteiger partial charge in [0.15, 0.2) is 0 Å². The fourth-order valence-electron chi connectivity index (χ4n) is 1.14. The molecular formula is C9H15NO3. The smallest absolute Gasteiger partial charge is 0.230 e. The zero-order chi connectivity index (χ0) is 9.73. The number of amides is 1. The molecule has 0 aromatic carbocycles. The standard InChI is InChI=1S/C9H15NO3/c1-3-4-10-8(11)9(2)5-12-7-13-6-9/h3H,1,4-7H2,2H3,(H,10,11). The molecule has 0 aliphatic carbocycles. The van der Waals surface area contributed by atoms with E-state index in [9.17, 15) is 4.79 Å². The van der Waals surface area contributed by atoms with Crippen LogP contribution in [-0.4, -0.2) is 32.5 Å². The lowest BCUT2D eigenvalue weighted by atomic mass is 9.91. The van der Waals surface area contributed by atoms with Gasteiger partial charge in [0.05, 0.1) is 18.6 Å². The molecule has 0 saturated carbocycles. The molecule has 0 aromatic heterocycles. The second kappa shape index (κ2) is 4.39. The Morgan fingerprint density at radius 3 is 2.77 bits per heavy atom. The number of ether oxygens (including phenoxy) is 2. The van der Waals surface area contributed by atoms with Crippen molar-refractivity contribution in [3.63, 3.8) is 0 Å². The first-order valence-corrected chi connectivity index (χ1v) is 4.24. The molecule has 0 spiro atoms. The molecule has 4 heteroatoms. The summed E-state index contributed by atoms with van der Waals surface area (Å²) in [5, 5.41) is 2.73. The molecule has 0 aromatic rings. The summed E-state index contributed by atoms with van der Waals surface area (Å²) in [4.78, 5) is 11.6. The highest BCUT2D eigenvalue weighted by molar-refractivity contribution is 5.82. The van der Waals surface area contributed by atoms with Gasteiger partial charge in [0.1, 0.15) is 6.79 Å². The third-order valence-corrected chi connectivity index (χ3v) is 1.96. The molecule has 1 amide bonds. The molecule has 1 N–H and O–H groups in total. The summed E-state index contributed by atoms with van der Waals surface area (Å²) in [6.07, 6.45) is 1.64. The highest BCUT2D eigenvalue weighted by atomic mass is 16.7. The first-order valence-electron chi connectivity index (χ1n) is 4.24. The minimum atomic E-state index is -0.554. The molecule has 0 unspecified atom stereocenters. The maximum absolute atomic E-state index is 11.6. The highest BCUT2D eigenvalue weighted by Gasteiger charge is 2.36. The van der Waals surface area contributed by atoms with Crippen LogP contribution in [0.4, 0.5) is 0 Å². The van der Waals surface area contributed by atoms with Crippen LogP contribution in [0.1, 0.15) is 6.92 Å². The summed E-state index contributed by atoms with van der Waals surface area (Å²) in [6, 6.07) is 0. The number of hydrogen-bond donors (Lipinski definition) is 1. The fraction of sp³-hybridized carbons (Fsp3) is 0.667. The van der Waals surface area contributed by atoms with Crippen LogP contribution in [0.3, 0.4) is 0 Å². The predicted molar refractivity (Wildman–Crippen MR) is 48.1 cm³/mol. The Balaban J connectivity index is 2.46. The monoisotopic (exact) mass is 185 g/mol. The van der Waals surface area contributed by atoms with Crippen LogP contribution in [0.5, 0.6) is 0 Å². The Labute approximate surface area is 77.9 Å². The van der Waals surface area contributed by atoms with Gasteiger partial charge in [-0.3, -0.25) is 4.79 Å². The quantitative estimate of drug-likeness (QED) is 0.643. The second-order valence-corrected chi connectivity index (χ2v) is 3.37. The molecular weight excluding hydrogens is 170 g/mol. The Morgan fingerprint density at radius 2 is 2.23 bits per heavy atom. The molecule has 0 bridgehead atoms. The Kier molecular flexibility index (Phi) is 3.45. The molecule has 1 heterocycles. The first kappa shape index (κ1) is 10.2. The topological polar surface area (TPSA) is 47.6 Å². The van der Waals surface area contributed by atoms with E-state index in [0.717, 1.165) is 0 Å². The SMILES string of the molecule is C=CCNC(=O)C1(C)COCOC1. The van der Waals surface area contributed by atoms with Gasteiger partial charge in [0, 0.05) is 6.54 Å². The average Bonchev–Trinajstić information content (AvgIpc) is 2.15. The van der Waals surface area contributed by atoms with Gasteiger partial charge in [0.25, 0.3) is 0 Å². The molecule has 4 nitrogen and oxygen atoms in total. The molecule has 1 aliphatic heterocycles. The van der Waals surface area contributed by atoms with Crippen molar-refractivity contribution in [3.8, 4) is 0 Å². The van der Waals surface area contributed by atoms with Crippen molar-refractivity contribution < 1.29 is 14.3 Å². The van der Waals surface area contributed by atoms with Gasteiger partial charge < -0.3 is 14.8 Å². The van der Waals surface area contributed by atoms with Gasteiger partial charge >= 0.3 is 0 Å². The van der Waals surface area contributed by atoms with E-state index in [1.54, 1.807) is 6.08 Å². The third-order valence-electron chi connectivity index (χ3n) is 1.96. The third kappa shape index (κ3) is 2.54. The molecule has 1 saturated heterocycles. The van der Waals surface area contributed by atoms with Crippen LogP contribution in [0.2, 0.25) is 0 Å². The van der Waals surface area contributed by atoms with Crippen LogP contribution in [-0.2, 0) is 14.3 Å². The summed E-state index contributed by atoms with van der Waals surface area (Å²) in [7, 11) is 0. The number of hydrogen-bond acceptors (Lipinski definition) is 3. The van der Waals surface area contributed by atoms with E-state index in [0.29, 0.717) is 19.8 Å². The molecule has 1 fully saturated rings. The molecule has 74 valence electrons. The number of carbonyl (C=O) groups is 1. The van der Waals surface area contributed by atoms with E-state index in [4.69, 9.17) is 9.47 Å². The molecule has 0 radical (unpaired) electrons. The summed E-state index contributed by atoms with van der Waals surface area (Å²) in [5.74, 6) is -0.0490. The Bertz CT molecular complexity index is 197. The van der Waals surface area contributed by atoms with E-state index < -0.39 is 5.41 Å². The van der Waals surface area contributed by atoms with E-state index in [2.05, 4.69) is 11.9 Å². The Hall–Kier alpha value is -0.870. The minimum absolute atomic E-state index is 0.0490. The maximum atomic E-state index is 11.6. The lowest BCUT2D eigenvalue weighted by molar-refractivity contribution is -0.173. The van der Waals surface area contributed by atoms with Crippen molar-refractivity contribution >= 4 is 5.91 Å². The van der Waals surface area contributed by atoms with Crippen molar-refractivity contribution in [2.45, 2.75) is 6.92 Å². The van der Waals surface area contributed by atoms with Gasteiger partial charge in [-0.1, -0.05) is 6.08 Å². The van der Waals surface area contributed by atoms with E-state index in [1.807, 2.05) is 6.92 Å². The summed E-state index contributed by atoms with van der Waals surface area (Å²) in [5.41, 5.74) is -0.554. The minimum Gasteiger partial charge on any atom is -0.354 e. The van der Waals surface area contributed by atoms with Crippen LogP contribution in [0, 0.1) is 5.41 Å². The van der Waals surface area contributed by atoms with Crippen molar-refractivity contribution in [1.29, 1.82) is 0 Å². The largest absolute Gasteiger partial charge is 0.354 e. The van der Waals surface area contributed by atoms with Crippen LogP contribution < -0.4 is 5.32 Å². The maximum Gasteiger partial charge on any atom is 0.230 e. The molecule has 0 atom stereocenters.